The molecule has 0 fully saturated rings. The lowest BCUT2D eigenvalue weighted by Crippen LogP contribution is -2.13. The van der Waals surface area contributed by atoms with Crippen molar-refractivity contribution < 1.29 is 0 Å². The van der Waals surface area contributed by atoms with Crippen LogP contribution in [0.25, 0.3) is 0 Å². The molecule has 0 bridgehead atoms. The van der Waals surface area contributed by atoms with Crippen LogP contribution in [0.1, 0.15) is 12.6 Å². The van der Waals surface area contributed by atoms with Crippen molar-refractivity contribution in [3.63, 3.8) is 0 Å². The standard InChI is InChI=1S/C9H14N2/c1-8(7-10)6-9-4-2-3-5-11-9/h2-5,8H,6-7,10H2,1H3/t8-/m0/s1. The van der Waals surface area contributed by atoms with Crippen LogP contribution < -0.4 is 5.73 Å². The quantitative estimate of drug-likeness (QED) is 0.703. The van der Waals surface area contributed by atoms with E-state index < -0.39 is 0 Å². The first-order valence-corrected chi connectivity index (χ1v) is 3.93. The van der Waals surface area contributed by atoms with Crippen LogP contribution in [0.3, 0.4) is 0 Å². The Morgan fingerprint density at radius 3 is 2.91 bits per heavy atom. The van der Waals surface area contributed by atoms with Gasteiger partial charge in [-0.15, -0.1) is 0 Å². The van der Waals surface area contributed by atoms with Gasteiger partial charge in [0.1, 0.15) is 0 Å². The van der Waals surface area contributed by atoms with E-state index in [1.54, 1.807) is 0 Å². The van der Waals surface area contributed by atoms with Crippen molar-refractivity contribution in [2.75, 3.05) is 6.54 Å². The Balaban J connectivity index is 2.51. The van der Waals surface area contributed by atoms with Crippen molar-refractivity contribution in [2.24, 2.45) is 11.7 Å². The Labute approximate surface area is 67.5 Å². The molecule has 0 saturated carbocycles. The molecule has 0 spiro atoms. The van der Waals surface area contributed by atoms with Gasteiger partial charge in [-0.05, 0) is 31.0 Å². The molecule has 2 heteroatoms. The lowest BCUT2D eigenvalue weighted by Gasteiger charge is -2.05. The highest BCUT2D eigenvalue weighted by Crippen LogP contribution is 2.02. The maximum absolute atomic E-state index is 5.49. The lowest BCUT2D eigenvalue weighted by molar-refractivity contribution is 0.584. The molecule has 0 radical (unpaired) electrons. The Bertz CT molecular complexity index is 196. The lowest BCUT2D eigenvalue weighted by atomic mass is 10.1. The molecule has 0 aromatic carbocycles. The summed E-state index contributed by atoms with van der Waals surface area (Å²) in [7, 11) is 0. The van der Waals surface area contributed by atoms with Gasteiger partial charge in [0.15, 0.2) is 0 Å². The second-order valence-electron chi connectivity index (χ2n) is 2.87. The van der Waals surface area contributed by atoms with E-state index in [2.05, 4.69) is 11.9 Å². The molecule has 60 valence electrons. The summed E-state index contributed by atoms with van der Waals surface area (Å²) in [5.41, 5.74) is 6.62. The molecule has 0 aliphatic heterocycles. The summed E-state index contributed by atoms with van der Waals surface area (Å²) >= 11 is 0. The number of nitrogens with zero attached hydrogens (tertiary/aromatic N) is 1. The number of rotatable bonds is 3. The minimum Gasteiger partial charge on any atom is -0.330 e. The van der Waals surface area contributed by atoms with Gasteiger partial charge in [0.25, 0.3) is 0 Å². The largest absolute Gasteiger partial charge is 0.330 e. The number of hydrogen-bond acceptors (Lipinski definition) is 2. The molecular formula is C9H14N2. The van der Waals surface area contributed by atoms with Crippen LogP contribution in [0.4, 0.5) is 0 Å². The second-order valence-corrected chi connectivity index (χ2v) is 2.87. The Morgan fingerprint density at radius 1 is 1.55 bits per heavy atom. The minimum atomic E-state index is 0.532. The zero-order chi connectivity index (χ0) is 8.10. The third kappa shape index (κ3) is 2.68. The van der Waals surface area contributed by atoms with Gasteiger partial charge in [0.2, 0.25) is 0 Å². The molecule has 0 saturated heterocycles. The first-order chi connectivity index (χ1) is 5.33. The van der Waals surface area contributed by atoms with Gasteiger partial charge in [0, 0.05) is 11.9 Å². The van der Waals surface area contributed by atoms with Crippen molar-refractivity contribution in [1.29, 1.82) is 0 Å². The smallest absolute Gasteiger partial charge is 0.0406 e. The summed E-state index contributed by atoms with van der Waals surface area (Å²) in [4.78, 5) is 4.21. The molecule has 0 aliphatic rings. The number of hydrogen-bond donors (Lipinski definition) is 1. The molecule has 1 atom stereocenters. The van der Waals surface area contributed by atoms with Gasteiger partial charge < -0.3 is 5.73 Å². The van der Waals surface area contributed by atoms with Gasteiger partial charge in [-0.25, -0.2) is 0 Å². The minimum absolute atomic E-state index is 0.532. The van der Waals surface area contributed by atoms with Crippen LogP contribution in [-0.2, 0) is 6.42 Å². The van der Waals surface area contributed by atoms with E-state index in [1.165, 1.54) is 0 Å². The summed E-state index contributed by atoms with van der Waals surface area (Å²) < 4.78 is 0. The molecule has 1 heterocycles. The van der Waals surface area contributed by atoms with E-state index in [1.807, 2.05) is 24.4 Å². The van der Waals surface area contributed by atoms with E-state index >= 15 is 0 Å². The van der Waals surface area contributed by atoms with Crippen LogP contribution in [-0.4, -0.2) is 11.5 Å². The molecule has 2 N–H and O–H groups in total. The average Bonchev–Trinajstić information content (AvgIpc) is 2.06. The van der Waals surface area contributed by atoms with Crippen LogP contribution >= 0.6 is 0 Å². The fourth-order valence-corrected chi connectivity index (χ4v) is 0.959. The normalized spacial score (nSPS) is 12.9. The first-order valence-electron chi connectivity index (χ1n) is 3.93. The topological polar surface area (TPSA) is 38.9 Å². The molecule has 1 aromatic rings. The summed E-state index contributed by atoms with van der Waals surface area (Å²) in [5.74, 6) is 0.532. The van der Waals surface area contributed by atoms with E-state index in [0.29, 0.717) is 5.92 Å². The van der Waals surface area contributed by atoms with Crippen molar-refractivity contribution in [2.45, 2.75) is 13.3 Å². The van der Waals surface area contributed by atoms with Gasteiger partial charge in [-0.2, -0.15) is 0 Å². The average molecular weight is 150 g/mol. The molecule has 11 heavy (non-hydrogen) atoms. The van der Waals surface area contributed by atoms with Crippen LogP contribution in [0.5, 0.6) is 0 Å². The maximum atomic E-state index is 5.49. The van der Waals surface area contributed by atoms with E-state index in [4.69, 9.17) is 5.73 Å². The van der Waals surface area contributed by atoms with E-state index in [9.17, 15) is 0 Å². The van der Waals surface area contributed by atoms with Crippen molar-refractivity contribution >= 4 is 0 Å². The fraction of sp³-hybridized carbons (Fsp3) is 0.444. The predicted molar refractivity (Wildman–Crippen MR) is 46.2 cm³/mol. The third-order valence-electron chi connectivity index (χ3n) is 1.69. The van der Waals surface area contributed by atoms with E-state index in [0.717, 1.165) is 18.7 Å². The molecule has 0 aliphatic carbocycles. The molecular weight excluding hydrogens is 136 g/mol. The van der Waals surface area contributed by atoms with Crippen LogP contribution in [0, 0.1) is 5.92 Å². The highest BCUT2D eigenvalue weighted by Gasteiger charge is 2.00. The Morgan fingerprint density at radius 2 is 2.36 bits per heavy atom. The van der Waals surface area contributed by atoms with Gasteiger partial charge >= 0.3 is 0 Å². The van der Waals surface area contributed by atoms with Gasteiger partial charge in [0.05, 0.1) is 0 Å². The Kier molecular flexibility index (Phi) is 3.05. The fourth-order valence-electron chi connectivity index (χ4n) is 0.959. The zero-order valence-electron chi connectivity index (χ0n) is 6.83. The van der Waals surface area contributed by atoms with Gasteiger partial charge in [-0.3, -0.25) is 4.98 Å². The molecule has 2 nitrogen and oxygen atoms in total. The predicted octanol–water partition coefficient (Wildman–Crippen LogP) is 1.22. The third-order valence-corrected chi connectivity index (χ3v) is 1.69. The van der Waals surface area contributed by atoms with E-state index in [-0.39, 0.29) is 0 Å². The van der Waals surface area contributed by atoms with Crippen molar-refractivity contribution in [1.82, 2.24) is 4.98 Å². The molecule has 1 rings (SSSR count). The highest BCUT2D eigenvalue weighted by molar-refractivity contribution is 5.03. The summed E-state index contributed by atoms with van der Waals surface area (Å²) in [6, 6.07) is 5.97. The summed E-state index contributed by atoms with van der Waals surface area (Å²) in [5, 5.41) is 0. The second kappa shape index (κ2) is 4.09. The van der Waals surface area contributed by atoms with Crippen LogP contribution in [0.15, 0.2) is 24.4 Å². The monoisotopic (exact) mass is 150 g/mol. The number of pyridine rings is 1. The number of nitrogens with two attached hydrogens (primary N) is 1. The first kappa shape index (κ1) is 8.21. The van der Waals surface area contributed by atoms with Gasteiger partial charge in [-0.1, -0.05) is 13.0 Å². The zero-order valence-corrected chi connectivity index (χ0v) is 6.83. The Hall–Kier alpha value is -0.890. The maximum Gasteiger partial charge on any atom is 0.0406 e. The molecule has 0 unspecified atom stereocenters. The van der Waals surface area contributed by atoms with Crippen molar-refractivity contribution in [3.8, 4) is 0 Å². The molecule has 0 amide bonds. The molecule has 1 aromatic heterocycles. The SMILES string of the molecule is C[C@H](CN)Cc1ccccn1. The number of aromatic nitrogens is 1. The highest BCUT2D eigenvalue weighted by atomic mass is 14.7. The van der Waals surface area contributed by atoms with Crippen molar-refractivity contribution in [3.05, 3.63) is 30.1 Å². The summed E-state index contributed by atoms with van der Waals surface area (Å²) in [6.45, 7) is 2.87. The summed E-state index contributed by atoms with van der Waals surface area (Å²) in [6.07, 6.45) is 2.80. The van der Waals surface area contributed by atoms with Crippen LogP contribution in [0.2, 0.25) is 0 Å².